The normalized spacial score (nSPS) is 11.8. The van der Waals surface area contributed by atoms with E-state index in [4.69, 9.17) is 20.9 Å². The average Bonchev–Trinajstić information content (AvgIpc) is 2.93. The van der Waals surface area contributed by atoms with Crippen molar-refractivity contribution in [3.05, 3.63) is 41.1 Å². The maximum absolute atomic E-state index is 12.0. The number of nitrogen functional groups attached to an aromatic ring is 1. The van der Waals surface area contributed by atoms with Crippen LogP contribution in [-0.4, -0.2) is 34.4 Å². The van der Waals surface area contributed by atoms with E-state index < -0.39 is 18.0 Å². The van der Waals surface area contributed by atoms with Crippen LogP contribution in [0.25, 0.3) is 0 Å². The highest BCUT2D eigenvalue weighted by atomic mass is 16.6. The van der Waals surface area contributed by atoms with Crippen molar-refractivity contribution in [3.8, 4) is 5.75 Å². The molecule has 1 aromatic heterocycles. The molecule has 0 saturated carbocycles. The van der Waals surface area contributed by atoms with E-state index in [1.165, 1.54) is 10.9 Å². The lowest BCUT2D eigenvalue weighted by Crippen LogP contribution is -2.27. The van der Waals surface area contributed by atoms with Gasteiger partial charge < -0.3 is 20.9 Å². The van der Waals surface area contributed by atoms with Gasteiger partial charge in [-0.2, -0.15) is 5.10 Å². The zero-order valence-electron chi connectivity index (χ0n) is 14.5. The summed E-state index contributed by atoms with van der Waals surface area (Å²) in [6.45, 7) is 5.78. The van der Waals surface area contributed by atoms with Gasteiger partial charge >= 0.3 is 5.97 Å². The van der Waals surface area contributed by atoms with E-state index in [0.29, 0.717) is 5.75 Å². The molecule has 1 atom stereocenters. The zero-order chi connectivity index (χ0) is 18.6. The summed E-state index contributed by atoms with van der Waals surface area (Å²) in [5, 5.41) is 3.94. The first-order valence-corrected chi connectivity index (χ1v) is 7.81. The lowest BCUT2D eigenvalue weighted by molar-refractivity contribution is -0.151. The number of benzene rings is 1. The van der Waals surface area contributed by atoms with Crippen molar-refractivity contribution >= 4 is 17.7 Å². The summed E-state index contributed by atoms with van der Waals surface area (Å²) in [7, 11) is 0. The van der Waals surface area contributed by atoms with Gasteiger partial charge in [-0.15, -0.1) is 0 Å². The van der Waals surface area contributed by atoms with Crippen molar-refractivity contribution in [2.75, 3.05) is 12.3 Å². The highest BCUT2D eigenvalue weighted by Gasteiger charge is 2.18. The quantitative estimate of drug-likeness (QED) is 0.726. The third kappa shape index (κ3) is 4.28. The second-order valence-corrected chi connectivity index (χ2v) is 5.66. The van der Waals surface area contributed by atoms with E-state index in [9.17, 15) is 9.59 Å². The Hall–Kier alpha value is -3.03. The summed E-state index contributed by atoms with van der Waals surface area (Å²) in [6.07, 6.45) is 0.530. The molecule has 134 valence electrons. The molecule has 8 nitrogen and oxygen atoms in total. The van der Waals surface area contributed by atoms with Crippen molar-refractivity contribution in [1.82, 2.24) is 9.78 Å². The van der Waals surface area contributed by atoms with Crippen LogP contribution < -0.4 is 16.2 Å². The maximum atomic E-state index is 12.0. The molecule has 0 bridgehead atoms. The van der Waals surface area contributed by atoms with E-state index in [-0.39, 0.29) is 24.5 Å². The Morgan fingerprint density at radius 1 is 1.32 bits per heavy atom. The Balaban J connectivity index is 1.87. The smallest absolute Gasteiger partial charge is 0.347 e. The van der Waals surface area contributed by atoms with Gasteiger partial charge in [-0.25, -0.2) is 9.48 Å². The van der Waals surface area contributed by atoms with E-state index in [2.05, 4.69) is 5.10 Å². The summed E-state index contributed by atoms with van der Waals surface area (Å²) in [4.78, 5) is 23.2. The summed E-state index contributed by atoms with van der Waals surface area (Å²) < 4.78 is 12.2. The molecule has 1 amide bonds. The number of nitrogens with two attached hydrogens (primary N) is 2. The number of aromatic nitrogens is 2. The Bertz CT molecular complexity index is 785. The van der Waals surface area contributed by atoms with Crippen LogP contribution in [0.2, 0.25) is 0 Å². The molecule has 0 spiro atoms. The van der Waals surface area contributed by atoms with Crippen LogP contribution in [0.5, 0.6) is 5.75 Å². The van der Waals surface area contributed by atoms with Crippen LogP contribution in [0.15, 0.2) is 24.4 Å². The molecule has 25 heavy (non-hydrogen) atoms. The number of hydrogen-bond donors (Lipinski definition) is 2. The highest BCUT2D eigenvalue weighted by Crippen LogP contribution is 2.22. The van der Waals surface area contributed by atoms with E-state index in [1.54, 1.807) is 6.92 Å². The van der Waals surface area contributed by atoms with Crippen molar-refractivity contribution in [3.63, 3.8) is 0 Å². The van der Waals surface area contributed by atoms with E-state index in [1.807, 2.05) is 32.0 Å². The minimum atomic E-state index is -0.753. The highest BCUT2D eigenvalue weighted by molar-refractivity contribution is 5.96. The van der Waals surface area contributed by atoms with Gasteiger partial charge in [0.05, 0.1) is 12.7 Å². The number of anilines is 1. The van der Waals surface area contributed by atoms with Crippen LogP contribution in [0.1, 0.15) is 28.4 Å². The first-order valence-electron chi connectivity index (χ1n) is 7.81. The van der Waals surface area contributed by atoms with Crippen molar-refractivity contribution in [2.24, 2.45) is 5.73 Å². The molecule has 4 N–H and O–H groups in total. The molecule has 0 aliphatic rings. The van der Waals surface area contributed by atoms with Gasteiger partial charge in [0, 0.05) is 0 Å². The van der Waals surface area contributed by atoms with Gasteiger partial charge in [-0.05, 0) is 38.0 Å². The van der Waals surface area contributed by atoms with Gasteiger partial charge in [0.25, 0.3) is 5.91 Å². The fourth-order valence-corrected chi connectivity index (χ4v) is 2.20. The predicted octanol–water partition coefficient (Wildman–Crippen LogP) is 1.19. The topological polar surface area (TPSA) is 122 Å². The number of rotatable bonds is 7. The Kier molecular flexibility index (Phi) is 5.63. The van der Waals surface area contributed by atoms with Gasteiger partial charge in [0.15, 0.2) is 6.10 Å². The minimum absolute atomic E-state index is 0.0451. The predicted molar refractivity (Wildman–Crippen MR) is 92.1 cm³/mol. The molecule has 2 rings (SSSR count). The monoisotopic (exact) mass is 346 g/mol. The van der Waals surface area contributed by atoms with Crippen molar-refractivity contribution in [1.29, 1.82) is 0 Å². The number of nitrogens with zero attached hydrogens (tertiary/aromatic N) is 2. The number of esters is 1. The summed E-state index contributed by atoms with van der Waals surface area (Å²) in [5.74, 6) is -0.367. The minimum Gasteiger partial charge on any atom is -0.479 e. The number of carbonyl (C=O) groups excluding carboxylic acids is 2. The Morgan fingerprint density at radius 2 is 2.04 bits per heavy atom. The lowest BCUT2D eigenvalue weighted by atomic mass is 10.1. The molecule has 1 heterocycles. The fourth-order valence-electron chi connectivity index (χ4n) is 2.20. The second-order valence-electron chi connectivity index (χ2n) is 5.66. The molecule has 0 aliphatic carbocycles. The molecule has 0 radical (unpaired) electrons. The SMILES string of the molecule is Cc1cccc(O[C@@H](C)C(=O)OCCn2ncc(C(N)=O)c2N)c1C. The molecule has 0 saturated heterocycles. The summed E-state index contributed by atoms with van der Waals surface area (Å²) >= 11 is 0. The zero-order valence-corrected chi connectivity index (χ0v) is 14.5. The maximum Gasteiger partial charge on any atom is 0.347 e. The number of carbonyl (C=O) groups is 2. The van der Waals surface area contributed by atoms with Crippen LogP contribution in [0.3, 0.4) is 0 Å². The van der Waals surface area contributed by atoms with E-state index >= 15 is 0 Å². The number of primary amides is 1. The fraction of sp³-hybridized carbons (Fsp3) is 0.353. The van der Waals surface area contributed by atoms with Gasteiger partial charge in [0.2, 0.25) is 0 Å². The molecule has 1 aromatic carbocycles. The summed E-state index contributed by atoms with van der Waals surface area (Å²) in [6, 6.07) is 5.65. The number of hydrogen-bond acceptors (Lipinski definition) is 6. The lowest BCUT2D eigenvalue weighted by Gasteiger charge is -2.16. The number of ether oxygens (including phenoxy) is 2. The van der Waals surface area contributed by atoms with Crippen molar-refractivity contribution < 1.29 is 19.1 Å². The third-order valence-corrected chi connectivity index (χ3v) is 3.88. The third-order valence-electron chi connectivity index (χ3n) is 3.88. The summed E-state index contributed by atoms with van der Waals surface area (Å²) in [5.41, 5.74) is 13.1. The van der Waals surface area contributed by atoms with Gasteiger partial charge in [-0.3, -0.25) is 4.79 Å². The van der Waals surface area contributed by atoms with Crippen molar-refractivity contribution in [2.45, 2.75) is 33.4 Å². The molecule has 2 aromatic rings. The number of amides is 1. The largest absolute Gasteiger partial charge is 0.479 e. The van der Waals surface area contributed by atoms with E-state index in [0.717, 1.165) is 11.1 Å². The van der Waals surface area contributed by atoms with Crippen LogP contribution >= 0.6 is 0 Å². The molecule has 0 aliphatic heterocycles. The van der Waals surface area contributed by atoms with Crippen LogP contribution in [0, 0.1) is 13.8 Å². The standard InChI is InChI=1S/C17H22N4O4/c1-10-5-4-6-14(11(10)2)25-12(3)17(23)24-8-7-21-15(18)13(9-20-21)16(19)22/h4-6,9,12H,7-8,18H2,1-3H3,(H2,19,22)/t12-/m0/s1. The van der Waals surface area contributed by atoms with Gasteiger partial charge in [0.1, 0.15) is 23.7 Å². The van der Waals surface area contributed by atoms with Gasteiger partial charge in [-0.1, -0.05) is 12.1 Å². The Labute approximate surface area is 145 Å². The Morgan fingerprint density at radius 3 is 2.68 bits per heavy atom. The average molecular weight is 346 g/mol. The second kappa shape index (κ2) is 7.69. The first kappa shape index (κ1) is 18.3. The molecular weight excluding hydrogens is 324 g/mol. The first-order chi connectivity index (χ1) is 11.8. The molecule has 0 unspecified atom stereocenters. The van der Waals surface area contributed by atoms with Crippen LogP contribution in [-0.2, 0) is 16.1 Å². The van der Waals surface area contributed by atoms with Crippen LogP contribution in [0.4, 0.5) is 5.82 Å². The molecule has 8 heteroatoms. The molecular formula is C17H22N4O4. The molecule has 0 fully saturated rings. The number of aryl methyl sites for hydroxylation is 1.